The summed E-state index contributed by atoms with van der Waals surface area (Å²) in [6, 6.07) is 92.7. The third kappa shape index (κ3) is 11.7. The Morgan fingerprint density at radius 2 is 0.642 bits per heavy atom. The predicted molar refractivity (Wildman–Crippen MR) is 490 cm³/mol. The SMILES string of the molecule is Cc1ccc2c(oc3nc(C)c4ccccc4c32)c1-c1cc2ccccc2c[n+]1C.Cc1ccc2c(oc3ncc4ccccc4c32)c1-c1cc2ccccc2c[n+]1C.Cc1ccc2c(oc3ncc4ccccc4c32)c1-c1ccc2ccccc2[n+]1C.[2H]C([2H])([2H])c1cc2c(oc3nc(C)c4ccccc4c32)c(-c2cc(C)c3ccccc3[n+]2C)c1C. The topological polar surface area (TPSA) is 120 Å². The van der Waals surface area contributed by atoms with Gasteiger partial charge in [-0.25, -0.2) is 29.1 Å². The highest BCUT2D eigenvalue weighted by Crippen LogP contribution is 2.46. The van der Waals surface area contributed by atoms with Gasteiger partial charge in [0.05, 0.1) is 43.8 Å². The second-order valence-electron chi connectivity index (χ2n) is 31.9. The van der Waals surface area contributed by atoms with Crippen molar-refractivity contribution in [3.63, 3.8) is 0 Å². The monoisotopic (exact) mass is 1560 g/mol. The van der Waals surface area contributed by atoms with Crippen molar-refractivity contribution < 1.29 is 40.0 Å². The minimum Gasteiger partial charge on any atom is -0.437 e. The van der Waals surface area contributed by atoms with Crippen molar-refractivity contribution in [2.75, 3.05) is 0 Å². The number of pyridine rings is 8. The van der Waals surface area contributed by atoms with E-state index in [1.807, 2.05) is 82.7 Å². The van der Waals surface area contributed by atoms with Crippen LogP contribution in [0.4, 0.5) is 0 Å². The average molecular weight is 1560 g/mol. The summed E-state index contributed by atoms with van der Waals surface area (Å²) in [6.45, 7) is 12.1. The zero-order chi connectivity index (χ0) is 84.1. The number of aryl methyl sites for hydroxylation is 11. The van der Waals surface area contributed by atoms with Gasteiger partial charge in [-0.1, -0.05) is 194 Å². The third-order valence-electron chi connectivity index (χ3n) is 24.7. The molecule has 0 aliphatic heterocycles. The Morgan fingerprint density at radius 3 is 1.13 bits per heavy atom. The normalized spacial score (nSPS) is 12.3. The van der Waals surface area contributed by atoms with Crippen molar-refractivity contribution in [3.05, 3.63) is 336 Å². The van der Waals surface area contributed by atoms with E-state index in [4.69, 9.17) is 31.7 Å². The van der Waals surface area contributed by atoms with E-state index >= 15 is 0 Å². The van der Waals surface area contributed by atoms with Crippen LogP contribution in [0.1, 0.15) is 48.9 Å². The smallest absolute Gasteiger partial charge is 0.228 e. The number of aromatic nitrogens is 8. The van der Waals surface area contributed by atoms with E-state index in [0.717, 1.165) is 154 Å². The molecule has 0 radical (unpaired) electrons. The molecule has 12 heteroatoms. The van der Waals surface area contributed by atoms with Crippen molar-refractivity contribution in [2.45, 2.75) is 55.3 Å². The summed E-state index contributed by atoms with van der Waals surface area (Å²) in [5.74, 6) is 0. The number of hydrogen-bond acceptors (Lipinski definition) is 8. The molecule has 12 aromatic heterocycles. The minimum absolute atomic E-state index is 0.332. The summed E-state index contributed by atoms with van der Waals surface area (Å²) in [6.07, 6.45) is 8.15. The number of benzene rings is 12. The lowest BCUT2D eigenvalue weighted by Crippen LogP contribution is -2.32. The lowest BCUT2D eigenvalue weighted by molar-refractivity contribution is -0.659. The fraction of sp³-hybridized carbons (Fsp3) is 0.111. The van der Waals surface area contributed by atoms with Gasteiger partial charge in [-0.3, -0.25) is 0 Å². The Bertz CT molecular complexity index is 8450. The van der Waals surface area contributed by atoms with Gasteiger partial charge in [-0.2, -0.15) is 9.13 Å². The molecule has 0 unspecified atom stereocenters. The summed E-state index contributed by atoms with van der Waals surface area (Å²) in [4.78, 5) is 18.8. The molecule has 0 aliphatic rings. The van der Waals surface area contributed by atoms with Crippen molar-refractivity contribution in [1.82, 2.24) is 19.9 Å². The molecular weight excluding hydrogens is 1470 g/mol. The summed E-state index contributed by atoms with van der Waals surface area (Å²) in [5.41, 5.74) is 24.3. The zero-order valence-electron chi connectivity index (χ0n) is 71.4. The van der Waals surface area contributed by atoms with Crippen molar-refractivity contribution >= 4 is 175 Å². The van der Waals surface area contributed by atoms with Gasteiger partial charge in [0.25, 0.3) is 0 Å². The van der Waals surface area contributed by atoms with E-state index in [1.54, 1.807) is 6.07 Å². The van der Waals surface area contributed by atoms with Crippen molar-refractivity contribution in [2.24, 2.45) is 28.2 Å². The second kappa shape index (κ2) is 28.5. The maximum absolute atomic E-state index is 8.31. The van der Waals surface area contributed by atoms with E-state index < -0.39 is 6.85 Å². The molecule has 0 amide bonds. The predicted octanol–water partition coefficient (Wildman–Crippen LogP) is 25.6. The number of furan rings is 4. The molecule has 0 fully saturated rings. The highest BCUT2D eigenvalue weighted by atomic mass is 16.4. The summed E-state index contributed by atoms with van der Waals surface area (Å²) < 4.78 is 59.3. The van der Waals surface area contributed by atoms with Crippen LogP contribution in [-0.4, -0.2) is 19.9 Å². The van der Waals surface area contributed by atoms with Gasteiger partial charge < -0.3 is 17.7 Å². The maximum Gasteiger partial charge on any atom is 0.228 e. The van der Waals surface area contributed by atoms with E-state index in [1.165, 1.54) is 70.7 Å². The molecule has 12 heterocycles. The first-order valence-electron chi connectivity index (χ1n) is 42.1. The molecule has 0 atom stereocenters. The molecule has 0 N–H and O–H groups in total. The van der Waals surface area contributed by atoms with Crippen LogP contribution in [0.5, 0.6) is 0 Å². The first-order valence-corrected chi connectivity index (χ1v) is 40.6. The van der Waals surface area contributed by atoms with E-state index in [0.29, 0.717) is 39.6 Å². The summed E-state index contributed by atoms with van der Waals surface area (Å²) in [7, 11) is 8.33. The molecule has 576 valence electrons. The highest BCUT2D eigenvalue weighted by molar-refractivity contribution is 6.24. The van der Waals surface area contributed by atoms with Gasteiger partial charge in [0.15, 0.2) is 34.7 Å². The van der Waals surface area contributed by atoms with Gasteiger partial charge in [0.2, 0.25) is 56.7 Å². The molecule has 0 saturated heterocycles. The van der Waals surface area contributed by atoms with Crippen LogP contribution in [-0.2, 0) is 28.2 Å². The molecule has 12 nitrogen and oxygen atoms in total. The highest BCUT2D eigenvalue weighted by Gasteiger charge is 2.30. The van der Waals surface area contributed by atoms with E-state index in [2.05, 4.69) is 308 Å². The molecule has 24 rings (SSSR count). The Hall–Kier alpha value is -14.9. The molecule has 0 spiro atoms. The molecule has 0 bridgehead atoms. The first kappa shape index (κ1) is 69.4. The van der Waals surface area contributed by atoms with E-state index in [9.17, 15) is 0 Å². The first-order chi connectivity index (χ1) is 59.7. The fourth-order valence-electron chi connectivity index (χ4n) is 18.6. The van der Waals surface area contributed by atoms with Crippen LogP contribution < -0.4 is 18.3 Å². The number of nitrogens with zero attached hydrogens (tertiary/aromatic N) is 8. The molecule has 24 aromatic rings. The lowest BCUT2D eigenvalue weighted by atomic mass is 9.94. The molecule has 0 aliphatic carbocycles. The Labute approximate surface area is 695 Å². The van der Waals surface area contributed by atoms with Crippen LogP contribution in [0.25, 0.3) is 220 Å². The maximum atomic E-state index is 8.31. The molecule has 120 heavy (non-hydrogen) atoms. The largest absolute Gasteiger partial charge is 0.437 e. The van der Waals surface area contributed by atoms with Gasteiger partial charge in [0.1, 0.15) is 28.2 Å². The Morgan fingerprint density at radius 1 is 0.267 bits per heavy atom. The third-order valence-corrected chi connectivity index (χ3v) is 24.7. The van der Waals surface area contributed by atoms with Crippen LogP contribution in [0.2, 0.25) is 0 Å². The number of fused-ring (bicyclic) bond motifs is 24. The van der Waals surface area contributed by atoms with Crippen LogP contribution >= 0.6 is 0 Å². The fourth-order valence-corrected chi connectivity index (χ4v) is 18.6. The van der Waals surface area contributed by atoms with Gasteiger partial charge in [-0.05, 0) is 157 Å². The standard InChI is InChI=1S/C29H25N2O.C27H21N2O.2C26H19N2O/c1-16-14-23-27-22-12-7-6-11-21(22)19(4)30-29(27)32-28(23)26(18(16)3)25-15-17(2)20-10-8-9-13-24(20)31(25)5;1-16-12-13-22-25-21-11-7-6-10-20(21)17(2)28-27(25)30-26(22)24(16)23-14-18-8-4-5-9-19(18)15-29(23)3;1-16-11-13-20-24-19-9-5-3-8-18(19)15-27-26(24)29-25(20)23(16)22-14-12-17-7-4-6-10-21(17)28(22)2;1-16-11-12-21-24-20-10-6-5-8-18(20)14-27-26(24)29-25(21)23(16)22-13-17-7-3-4-9-19(17)15-28(22)2/h6-15H,1-5H3;4-15H,1-3H3;2*3-15H,1-2H3/q4*+1/i1D3;;;. The van der Waals surface area contributed by atoms with Gasteiger partial charge in [-0.15, -0.1) is 0 Å². The average Bonchev–Trinajstić information content (AvgIpc) is 1.59. The lowest BCUT2D eigenvalue weighted by Gasteiger charge is -2.11. The van der Waals surface area contributed by atoms with Crippen molar-refractivity contribution in [3.8, 4) is 45.0 Å². The van der Waals surface area contributed by atoms with Gasteiger partial charge in [0, 0.05) is 129 Å². The minimum atomic E-state index is -2.27. The number of hydrogen-bond donors (Lipinski definition) is 0. The number of rotatable bonds is 4. The summed E-state index contributed by atoms with van der Waals surface area (Å²) >= 11 is 0. The zero-order valence-corrected chi connectivity index (χ0v) is 68.4. The van der Waals surface area contributed by atoms with E-state index in [-0.39, 0.29) is 0 Å². The van der Waals surface area contributed by atoms with Crippen LogP contribution in [0.3, 0.4) is 0 Å². The van der Waals surface area contributed by atoms with Crippen LogP contribution in [0, 0.1) is 55.3 Å². The van der Waals surface area contributed by atoms with Gasteiger partial charge >= 0.3 is 0 Å². The second-order valence-corrected chi connectivity index (χ2v) is 31.9. The molecule has 12 aromatic carbocycles. The van der Waals surface area contributed by atoms with Crippen molar-refractivity contribution in [1.29, 1.82) is 0 Å². The quantitative estimate of drug-likeness (QED) is 0.160. The molecule has 0 saturated carbocycles. The number of para-hydroxylation sites is 2. The molecular formula is C108H84N8O4+4. The van der Waals surface area contributed by atoms with Crippen LogP contribution in [0.15, 0.2) is 309 Å². The Kier molecular flexibility index (Phi) is 16.5. The summed E-state index contributed by atoms with van der Waals surface area (Å²) in [5, 5.41) is 24.5. The Balaban J connectivity index is 0.000000101.